The Morgan fingerprint density at radius 3 is 3.04 bits per heavy atom. The maximum Gasteiger partial charge on any atom is 0.237 e. The van der Waals surface area contributed by atoms with Crippen molar-refractivity contribution in [2.24, 2.45) is 0 Å². The minimum atomic E-state index is -0.304. The molecule has 1 amide bonds. The van der Waals surface area contributed by atoms with E-state index in [0.29, 0.717) is 13.1 Å². The second kappa shape index (κ2) is 8.11. The number of nitrogens with zero attached hydrogens (tertiary/aromatic N) is 3. The average molecular weight is 343 g/mol. The lowest BCUT2D eigenvalue weighted by molar-refractivity contribution is -0.122. The Bertz CT molecular complexity index is 728. The first-order chi connectivity index (χ1) is 12.2. The van der Waals surface area contributed by atoms with Crippen LogP contribution in [0.5, 0.6) is 5.75 Å². The van der Waals surface area contributed by atoms with Crippen molar-refractivity contribution in [1.82, 2.24) is 25.4 Å². The molecule has 0 radical (unpaired) electrons. The van der Waals surface area contributed by atoms with Gasteiger partial charge in [0.25, 0.3) is 0 Å². The molecule has 3 rings (SSSR count). The number of aryl methyl sites for hydroxylation is 1. The Morgan fingerprint density at radius 1 is 1.32 bits per heavy atom. The van der Waals surface area contributed by atoms with Gasteiger partial charge in [-0.25, -0.2) is 0 Å². The number of carbonyl (C=O) groups is 1. The maximum absolute atomic E-state index is 12.3. The molecule has 2 aromatic rings. The third kappa shape index (κ3) is 4.36. The zero-order valence-electron chi connectivity index (χ0n) is 14.8. The van der Waals surface area contributed by atoms with Crippen LogP contribution in [0.4, 0.5) is 0 Å². The summed E-state index contributed by atoms with van der Waals surface area (Å²) in [7, 11) is 1.63. The molecular formula is C18H25N5O2. The van der Waals surface area contributed by atoms with Crippen molar-refractivity contribution in [3.05, 3.63) is 41.5 Å². The van der Waals surface area contributed by atoms with Gasteiger partial charge in [0, 0.05) is 19.5 Å². The number of methoxy groups -OCH3 is 1. The van der Waals surface area contributed by atoms with E-state index in [1.54, 1.807) is 7.11 Å². The van der Waals surface area contributed by atoms with Crippen LogP contribution < -0.4 is 15.4 Å². The van der Waals surface area contributed by atoms with E-state index in [2.05, 4.69) is 25.4 Å². The molecule has 2 N–H and O–H groups in total. The number of benzene rings is 1. The normalized spacial score (nSPS) is 14.6. The Morgan fingerprint density at radius 2 is 2.20 bits per heavy atom. The summed E-state index contributed by atoms with van der Waals surface area (Å²) in [6.45, 7) is 3.84. The largest absolute Gasteiger partial charge is 0.497 e. The van der Waals surface area contributed by atoms with Gasteiger partial charge >= 0.3 is 0 Å². The number of aromatic nitrogens is 3. The molecular weight excluding hydrogens is 318 g/mol. The van der Waals surface area contributed by atoms with Gasteiger partial charge in [-0.05, 0) is 37.5 Å². The van der Waals surface area contributed by atoms with Crippen LogP contribution >= 0.6 is 0 Å². The molecule has 25 heavy (non-hydrogen) atoms. The summed E-state index contributed by atoms with van der Waals surface area (Å²) in [6, 6.07) is 7.37. The maximum atomic E-state index is 12.3. The number of ether oxygens (including phenoxy) is 1. The minimum absolute atomic E-state index is 0.0406. The van der Waals surface area contributed by atoms with Crippen molar-refractivity contribution in [3.8, 4) is 5.75 Å². The van der Waals surface area contributed by atoms with E-state index in [1.807, 2.05) is 31.2 Å². The summed E-state index contributed by atoms with van der Waals surface area (Å²) < 4.78 is 7.36. The van der Waals surface area contributed by atoms with E-state index in [4.69, 9.17) is 4.74 Å². The lowest BCUT2D eigenvalue weighted by Crippen LogP contribution is -2.42. The highest BCUT2D eigenvalue weighted by atomic mass is 16.5. The van der Waals surface area contributed by atoms with Crippen LogP contribution in [0.15, 0.2) is 24.3 Å². The lowest BCUT2D eigenvalue weighted by atomic mass is 10.1. The van der Waals surface area contributed by atoms with E-state index < -0.39 is 0 Å². The quantitative estimate of drug-likeness (QED) is 0.795. The van der Waals surface area contributed by atoms with E-state index >= 15 is 0 Å². The second-order valence-electron chi connectivity index (χ2n) is 6.31. The number of rotatable bonds is 7. The third-order valence-electron chi connectivity index (χ3n) is 4.50. The average Bonchev–Trinajstić information content (AvgIpc) is 3.07. The molecule has 1 aromatic carbocycles. The molecule has 1 atom stereocenters. The van der Waals surface area contributed by atoms with Crippen molar-refractivity contribution < 1.29 is 9.53 Å². The third-order valence-corrected chi connectivity index (χ3v) is 4.50. The van der Waals surface area contributed by atoms with E-state index in [-0.39, 0.29) is 11.9 Å². The topological polar surface area (TPSA) is 81.1 Å². The molecule has 134 valence electrons. The Balaban J connectivity index is 1.48. The zero-order valence-corrected chi connectivity index (χ0v) is 14.8. The first-order valence-corrected chi connectivity index (χ1v) is 8.72. The molecule has 1 aliphatic rings. The van der Waals surface area contributed by atoms with Crippen LogP contribution in [0, 0.1) is 0 Å². The molecule has 0 saturated heterocycles. The van der Waals surface area contributed by atoms with Crippen molar-refractivity contribution >= 4 is 5.91 Å². The molecule has 0 saturated carbocycles. The number of carbonyl (C=O) groups excluding carboxylic acids is 1. The standard InChI is InChI=1S/C18H25N5O2/c1-13(18(24)20-11-14-6-5-7-15(10-14)25-2)19-12-17-22-21-16-8-3-4-9-23(16)17/h5-7,10,13,19H,3-4,8-9,11-12H2,1-2H3,(H,20,24)/t13-/m1/s1. The zero-order chi connectivity index (χ0) is 17.6. The fourth-order valence-corrected chi connectivity index (χ4v) is 2.96. The number of hydrogen-bond donors (Lipinski definition) is 2. The molecule has 1 aliphatic heterocycles. The number of hydrogen-bond acceptors (Lipinski definition) is 5. The predicted octanol–water partition coefficient (Wildman–Crippen LogP) is 1.42. The lowest BCUT2D eigenvalue weighted by Gasteiger charge is -2.17. The number of nitrogens with one attached hydrogen (secondary N) is 2. The monoisotopic (exact) mass is 343 g/mol. The number of fused-ring (bicyclic) bond motifs is 1. The first kappa shape index (κ1) is 17.4. The molecule has 7 nitrogen and oxygen atoms in total. The molecule has 0 aliphatic carbocycles. The molecule has 0 spiro atoms. The second-order valence-corrected chi connectivity index (χ2v) is 6.31. The highest BCUT2D eigenvalue weighted by Gasteiger charge is 2.17. The SMILES string of the molecule is COc1cccc(CNC(=O)[C@@H](C)NCc2nnc3n2CCCC3)c1. The summed E-state index contributed by atoms with van der Waals surface area (Å²) in [5.74, 6) is 2.70. The highest BCUT2D eigenvalue weighted by molar-refractivity contribution is 5.81. The molecule has 0 unspecified atom stereocenters. The summed E-state index contributed by atoms with van der Waals surface area (Å²) in [5.41, 5.74) is 1.01. The molecule has 2 heterocycles. The summed E-state index contributed by atoms with van der Waals surface area (Å²) in [5, 5.41) is 14.7. The Labute approximate surface area is 147 Å². The van der Waals surface area contributed by atoms with Crippen molar-refractivity contribution in [2.45, 2.75) is 51.9 Å². The van der Waals surface area contributed by atoms with Gasteiger partial charge < -0.3 is 14.6 Å². The fourth-order valence-electron chi connectivity index (χ4n) is 2.96. The van der Waals surface area contributed by atoms with Gasteiger partial charge in [-0.2, -0.15) is 0 Å². The summed E-state index contributed by atoms with van der Waals surface area (Å²) >= 11 is 0. The van der Waals surface area contributed by atoms with Gasteiger partial charge in [-0.15, -0.1) is 10.2 Å². The Kier molecular flexibility index (Phi) is 5.65. The molecule has 0 bridgehead atoms. The van der Waals surface area contributed by atoms with Crippen molar-refractivity contribution in [1.29, 1.82) is 0 Å². The van der Waals surface area contributed by atoms with Crippen molar-refractivity contribution in [2.75, 3.05) is 7.11 Å². The summed E-state index contributed by atoms with van der Waals surface area (Å²) in [4.78, 5) is 12.3. The number of amides is 1. The van der Waals surface area contributed by atoms with Gasteiger partial charge in [0.1, 0.15) is 17.4 Å². The first-order valence-electron chi connectivity index (χ1n) is 8.72. The molecule has 0 fully saturated rings. The fraction of sp³-hybridized carbons (Fsp3) is 0.500. The van der Waals surface area contributed by atoms with Gasteiger partial charge in [0.2, 0.25) is 5.91 Å². The van der Waals surface area contributed by atoms with E-state index in [9.17, 15) is 4.79 Å². The smallest absolute Gasteiger partial charge is 0.237 e. The van der Waals surface area contributed by atoms with Gasteiger partial charge in [0.15, 0.2) is 0 Å². The Hall–Kier alpha value is -2.41. The van der Waals surface area contributed by atoms with E-state index in [1.165, 1.54) is 6.42 Å². The van der Waals surface area contributed by atoms with Crippen LogP contribution in [-0.4, -0.2) is 33.8 Å². The van der Waals surface area contributed by atoms with Crippen LogP contribution in [-0.2, 0) is 30.8 Å². The van der Waals surface area contributed by atoms with Crippen LogP contribution in [0.25, 0.3) is 0 Å². The molecule has 1 aromatic heterocycles. The predicted molar refractivity (Wildman–Crippen MR) is 94.1 cm³/mol. The van der Waals surface area contributed by atoms with Gasteiger partial charge in [0.05, 0.1) is 19.7 Å². The highest BCUT2D eigenvalue weighted by Crippen LogP contribution is 2.14. The van der Waals surface area contributed by atoms with Crippen LogP contribution in [0.1, 0.15) is 37.0 Å². The van der Waals surface area contributed by atoms with Crippen LogP contribution in [0.2, 0.25) is 0 Å². The van der Waals surface area contributed by atoms with Gasteiger partial charge in [-0.1, -0.05) is 12.1 Å². The molecule has 7 heteroatoms. The van der Waals surface area contributed by atoms with Crippen LogP contribution in [0.3, 0.4) is 0 Å². The van der Waals surface area contributed by atoms with Crippen molar-refractivity contribution in [3.63, 3.8) is 0 Å². The van der Waals surface area contributed by atoms with E-state index in [0.717, 1.165) is 42.3 Å². The van der Waals surface area contributed by atoms with Gasteiger partial charge in [-0.3, -0.25) is 10.1 Å². The minimum Gasteiger partial charge on any atom is -0.497 e. The summed E-state index contributed by atoms with van der Waals surface area (Å²) in [6.07, 6.45) is 3.33.